The zero-order valence-electron chi connectivity index (χ0n) is 9.51. The third-order valence-electron chi connectivity index (χ3n) is 1.37. The summed E-state index contributed by atoms with van der Waals surface area (Å²) in [7, 11) is 0. The van der Waals surface area contributed by atoms with E-state index in [1.807, 2.05) is 0 Å². The first-order chi connectivity index (χ1) is 7.70. The molecule has 0 saturated carbocycles. The third kappa shape index (κ3) is 8.74. The van der Waals surface area contributed by atoms with Gasteiger partial charge in [-0.2, -0.15) is 0 Å². The first kappa shape index (κ1) is 14.2. The predicted molar refractivity (Wildman–Crippen MR) is 60.7 cm³/mol. The van der Waals surface area contributed by atoms with Crippen molar-refractivity contribution in [1.82, 2.24) is 0 Å². The maximum absolute atomic E-state index is 10.8. The van der Waals surface area contributed by atoms with Gasteiger partial charge in [-0.3, -0.25) is 0 Å². The quantitative estimate of drug-likeness (QED) is 0.392. The van der Waals surface area contributed by atoms with Crippen LogP contribution in [0.15, 0.2) is 36.5 Å². The molecular formula is C12H16O4. The van der Waals surface area contributed by atoms with E-state index in [0.29, 0.717) is 13.2 Å². The van der Waals surface area contributed by atoms with Crippen LogP contribution in [0.2, 0.25) is 0 Å². The molecule has 0 saturated heterocycles. The second-order valence-corrected chi connectivity index (χ2v) is 2.61. The monoisotopic (exact) mass is 224 g/mol. The smallest absolute Gasteiger partial charge is 0.330 e. The molecule has 0 heterocycles. The van der Waals surface area contributed by atoms with Crippen molar-refractivity contribution >= 4 is 11.9 Å². The van der Waals surface area contributed by atoms with E-state index >= 15 is 0 Å². The zero-order chi connectivity index (χ0) is 12.2. The van der Waals surface area contributed by atoms with Gasteiger partial charge in [-0.15, -0.1) is 0 Å². The number of esters is 2. The Balaban J connectivity index is 3.85. The molecule has 4 heteroatoms. The number of allylic oxidation sites excluding steroid dienone is 4. The Morgan fingerprint density at radius 2 is 1.19 bits per heavy atom. The van der Waals surface area contributed by atoms with Crippen LogP contribution in [0.3, 0.4) is 0 Å². The van der Waals surface area contributed by atoms with Gasteiger partial charge in [0, 0.05) is 12.2 Å². The highest BCUT2D eigenvalue weighted by atomic mass is 16.5. The van der Waals surface area contributed by atoms with Gasteiger partial charge in [0.15, 0.2) is 0 Å². The van der Waals surface area contributed by atoms with Crippen LogP contribution in [0, 0.1) is 0 Å². The molecule has 0 bridgehead atoms. The van der Waals surface area contributed by atoms with Crippen molar-refractivity contribution in [3.05, 3.63) is 36.5 Å². The molecule has 0 aliphatic heterocycles. The van der Waals surface area contributed by atoms with E-state index in [2.05, 4.69) is 9.47 Å². The Labute approximate surface area is 95.2 Å². The lowest BCUT2D eigenvalue weighted by molar-refractivity contribution is -0.138. The van der Waals surface area contributed by atoms with Crippen LogP contribution < -0.4 is 0 Å². The summed E-state index contributed by atoms with van der Waals surface area (Å²) in [6.07, 6.45) is 8.91. The highest BCUT2D eigenvalue weighted by Gasteiger charge is 1.90. The van der Waals surface area contributed by atoms with Crippen molar-refractivity contribution in [3.63, 3.8) is 0 Å². The molecular weight excluding hydrogens is 208 g/mol. The van der Waals surface area contributed by atoms with E-state index < -0.39 is 0 Å². The molecule has 0 aromatic heterocycles. The maximum Gasteiger partial charge on any atom is 0.330 e. The molecule has 0 unspecified atom stereocenters. The van der Waals surface area contributed by atoms with Gasteiger partial charge in [-0.1, -0.05) is 24.3 Å². The van der Waals surface area contributed by atoms with Crippen LogP contribution in [-0.4, -0.2) is 25.2 Å². The summed E-state index contributed by atoms with van der Waals surface area (Å²) in [5, 5.41) is 0. The van der Waals surface area contributed by atoms with Gasteiger partial charge in [0.2, 0.25) is 0 Å². The first-order valence-electron chi connectivity index (χ1n) is 5.05. The topological polar surface area (TPSA) is 52.6 Å². The summed E-state index contributed by atoms with van der Waals surface area (Å²) in [5.41, 5.74) is 0. The van der Waals surface area contributed by atoms with Crippen molar-refractivity contribution in [1.29, 1.82) is 0 Å². The van der Waals surface area contributed by atoms with Gasteiger partial charge in [0.1, 0.15) is 0 Å². The van der Waals surface area contributed by atoms with Gasteiger partial charge in [0.05, 0.1) is 13.2 Å². The van der Waals surface area contributed by atoms with E-state index in [4.69, 9.17) is 0 Å². The minimum absolute atomic E-state index is 0.357. The fourth-order valence-corrected chi connectivity index (χ4v) is 0.777. The molecule has 0 spiro atoms. The minimum atomic E-state index is -0.387. The number of carbonyl (C=O) groups excluding carboxylic acids is 2. The normalized spacial score (nSPS) is 11.4. The lowest BCUT2D eigenvalue weighted by Crippen LogP contribution is -1.98. The molecule has 0 amide bonds. The minimum Gasteiger partial charge on any atom is -0.463 e. The summed E-state index contributed by atoms with van der Waals surface area (Å²) in [5.74, 6) is -0.775. The Hall–Kier alpha value is -1.84. The lowest BCUT2D eigenvalue weighted by Gasteiger charge is -1.92. The Morgan fingerprint density at radius 3 is 1.50 bits per heavy atom. The van der Waals surface area contributed by atoms with Gasteiger partial charge < -0.3 is 9.47 Å². The lowest BCUT2D eigenvalue weighted by atomic mass is 10.4. The Morgan fingerprint density at radius 1 is 0.812 bits per heavy atom. The van der Waals surface area contributed by atoms with Crippen LogP contribution in [0.5, 0.6) is 0 Å². The summed E-state index contributed by atoms with van der Waals surface area (Å²) >= 11 is 0. The number of hydrogen-bond acceptors (Lipinski definition) is 4. The Bertz CT molecular complexity index is 270. The second kappa shape index (κ2) is 9.71. The van der Waals surface area contributed by atoms with E-state index in [1.165, 1.54) is 24.3 Å². The summed E-state index contributed by atoms with van der Waals surface area (Å²) < 4.78 is 9.33. The van der Waals surface area contributed by atoms with E-state index in [9.17, 15) is 9.59 Å². The average Bonchev–Trinajstić information content (AvgIpc) is 2.24. The highest BCUT2D eigenvalue weighted by Crippen LogP contribution is 1.86. The standard InChI is InChI=1S/C12H16O4/c1-3-15-11(13)9-7-5-6-8-10-12(14)16-4-2/h5-10H,3-4H2,1-2H3. The number of ether oxygens (including phenoxy) is 2. The van der Waals surface area contributed by atoms with Crippen LogP contribution in [-0.2, 0) is 19.1 Å². The molecule has 0 aliphatic rings. The van der Waals surface area contributed by atoms with E-state index in [0.717, 1.165) is 0 Å². The van der Waals surface area contributed by atoms with Gasteiger partial charge >= 0.3 is 11.9 Å². The van der Waals surface area contributed by atoms with Crippen molar-refractivity contribution in [2.24, 2.45) is 0 Å². The van der Waals surface area contributed by atoms with Gasteiger partial charge in [-0.05, 0) is 13.8 Å². The number of carbonyl (C=O) groups is 2. The molecule has 0 fully saturated rings. The largest absolute Gasteiger partial charge is 0.463 e. The van der Waals surface area contributed by atoms with Gasteiger partial charge in [0.25, 0.3) is 0 Å². The third-order valence-corrected chi connectivity index (χ3v) is 1.37. The van der Waals surface area contributed by atoms with Crippen molar-refractivity contribution < 1.29 is 19.1 Å². The van der Waals surface area contributed by atoms with E-state index in [1.54, 1.807) is 26.0 Å². The first-order valence-corrected chi connectivity index (χ1v) is 5.05. The number of hydrogen-bond donors (Lipinski definition) is 0. The molecule has 0 radical (unpaired) electrons. The molecule has 0 rings (SSSR count). The van der Waals surface area contributed by atoms with Gasteiger partial charge in [-0.25, -0.2) is 9.59 Å². The van der Waals surface area contributed by atoms with Crippen LogP contribution in [0.4, 0.5) is 0 Å². The van der Waals surface area contributed by atoms with Crippen molar-refractivity contribution in [2.45, 2.75) is 13.8 Å². The molecule has 0 aliphatic carbocycles. The highest BCUT2D eigenvalue weighted by molar-refractivity contribution is 5.82. The van der Waals surface area contributed by atoms with Crippen LogP contribution >= 0.6 is 0 Å². The summed E-state index contributed by atoms with van der Waals surface area (Å²) in [6, 6.07) is 0. The number of rotatable bonds is 6. The molecule has 88 valence electrons. The maximum atomic E-state index is 10.8. The second-order valence-electron chi connectivity index (χ2n) is 2.61. The van der Waals surface area contributed by atoms with Crippen molar-refractivity contribution in [2.75, 3.05) is 13.2 Å². The SMILES string of the molecule is CCOC(=O)C=CC=CC=CC(=O)OCC. The van der Waals surface area contributed by atoms with E-state index in [-0.39, 0.29) is 11.9 Å². The van der Waals surface area contributed by atoms with Crippen molar-refractivity contribution in [3.8, 4) is 0 Å². The van der Waals surface area contributed by atoms with Crippen LogP contribution in [0.1, 0.15) is 13.8 Å². The molecule has 16 heavy (non-hydrogen) atoms. The Kier molecular flexibility index (Phi) is 8.59. The molecule has 0 aromatic rings. The zero-order valence-corrected chi connectivity index (χ0v) is 9.51. The van der Waals surface area contributed by atoms with Crippen LogP contribution in [0.25, 0.3) is 0 Å². The average molecular weight is 224 g/mol. The fraction of sp³-hybridized carbons (Fsp3) is 0.333. The molecule has 4 nitrogen and oxygen atoms in total. The molecule has 0 atom stereocenters. The molecule has 0 aromatic carbocycles. The summed E-state index contributed by atoms with van der Waals surface area (Å²) in [4.78, 5) is 21.7. The predicted octanol–water partition coefficient (Wildman–Crippen LogP) is 1.78. The fourth-order valence-electron chi connectivity index (χ4n) is 0.777. The summed E-state index contributed by atoms with van der Waals surface area (Å²) in [6.45, 7) is 4.19. The molecule has 0 N–H and O–H groups in total.